The van der Waals surface area contributed by atoms with Crippen LogP contribution in [0.25, 0.3) is 0 Å². The molecular formula is C13H16ClN3O2. The van der Waals surface area contributed by atoms with E-state index in [0.717, 1.165) is 0 Å². The van der Waals surface area contributed by atoms with Crippen molar-refractivity contribution in [2.24, 2.45) is 11.7 Å². The van der Waals surface area contributed by atoms with Gasteiger partial charge < -0.3 is 16.0 Å². The van der Waals surface area contributed by atoms with Crippen molar-refractivity contribution in [3.05, 3.63) is 28.8 Å². The van der Waals surface area contributed by atoms with Crippen LogP contribution in [-0.4, -0.2) is 32.0 Å². The van der Waals surface area contributed by atoms with Gasteiger partial charge in [-0.25, -0.2) is 0 Å². The van der Waals surface area contributed by atoms with Gasteiger partial charge in [-0.2, -0.15) is 0 Å². The second-order valence-corrected chi connectivity index (χ2v) is 4.99. The van der Waals surface area contributed by atoms with Crippen LogP contribution in [0, 0.1) is 5.92 Å². The number of amides is 2. The first kappa shape index (κ1) is 13.8. The van der Waals surface area contributed by atoms with Gasteiger partial charge >= 0.3 is 0 Å². The summed E-state index contributed by atoms with van der Waals surface area (Å²) in [5, 5.41) is 3.01. The minimum atomic E-state index is -0.263. The van der Waals surface area contributed by atoms with E-state index in [1.807, 2.05) is 0 Å². The molecule has 1 aliphatic heterocycles. The zero-order valence-electron chi connectivity index (χ0n) is 10.6. The molecule has 0 bridgehead atoms. The fraction of sp³-hybridized carbons (Fsp3) is 0.385. The largest absolute Gasteiger partial charge is 0.355 e. The van der Waals surface area contributed by atoms with Gasteiger partial charge in [0.2, 0.25) is 5.91 Å². The van der Waals surface area contributed by atoms with Gasteiger partial charge in [0, 0.05) is 25.0 Å². The number of carbonyl (C=O) groups excluding carboxylic acids is 2. The minimum Gasteiger partial charge on any atom is -0.355 e. The topological polar surface area (TPSA) is 75.4 Å². The Bertz CT molecular complexity index is 519. The third-order valence-corrected chi connectivity index (χ3v) is 3.49. The summed E-state index contributed by atoms with van der Waals surface area (Å²) >= 11 is 5.91. The van der Waals surface area contributed by atoms with Crippen LogP contribution < -0.4 is 16.0 Å². The number of rotatable bonds is 3. The summed E-state index contributed by atoms with van der Waals surface area (Å²) in [5.41, 5.74) is 6.60. The van der Waals surface area contributed by atoms with Crippen molar-refractivity contribution < 1.29 is 9.59 Å². The molecule has 0 spiro atoms. The van der Waals surface area contributed by atoms with Crippen LogP contribution in [0.3, 0.4) is 0 Å². The lowest BCUT2D eigenvalue weighted by Crippen LogP contribution is -2.29. The number of carbonyl (C=O) groups is 2. The van der Waals surface area contributed by atoms with Crippen molar-refractivity contribution in [3.8, 4) is 0 Å². The van der Waals surface area contributed by atoms with Crippen molar-refractivity contribution >= 4 is 29.1 Å². The van der Waals surface area contributed by atoms with E-state index in [4.69, 9.17) is 17.3 Å². The number of nitrogens with one attached hydrogen (secondary N) is 1. The third kappa shape index (κ3) is 2.72. The van der Waals surface area contributed by atoms with Crippen molar-refractivity contribution in [2.75, 3.05) is 25.0 Å². The monoisotopic (exact) mass is 281 g/mol. The molecule has 1 aliphatic rings. The highest BCUT2D eigenvalue weighted by Gasteiger charge is 2.31. The standard InChI is InChI=1S/C13H16ClN3O2/c1-16-13(19)10-5-9(14)2-3-11(10)17-7-8(6-15)4-12(17)18/h2-3,5,8H,4,6-7,15H2,1H3,(H,16,19). The molecule has 1 aromatic rings. The van der Waals surface area contributed by atoms with Gasteiger partial charge in [0.15, 0.2) is 0 Å². The molecule has 0 aromatic heterocycles. The van der Waals surface area contributed by atoms with Crippen LogP contribution in [0.15, 0.2) is 18.2 Å². The molecule has 6 heteroatoms. The van der Waals surface area contributed by atoms with Gasteiger partial charge in [-0.1, -0.05) is 11.6 Å². The predicted molar refractivity (Wildman–Crippen MR) is 74.4 cm³/mol. The summed E-state index contributed by atoms with van der Waals surface area (Å²) in [6.45, 7) is 1.01. The Hall–Kier alpha value is -1.59. The molecular weight excluding hydrogens is 266 g/mol. The number of halogens is 1. The number of benzene rings is 1. The molecule has 1 unspecified atom stereocenters. The summed E-state index contributed by atoms with van der Waals surface area (Å²) in [4.78, 5) is 25.5. The SMILES string of the molecule is CNC(=O)c1cc(Cl)ccc1N1CC(CN)CC1=O. The third-order valence-electron chi connectivity index (χ3n) is 3.26. The highest BCUT2D eigenvalue weighted by atomic mass is 35.5. The molecule has 5 nitrogen and oxygen atoms in total. The quantitative estimate of drug-likeness (QED) is 0.868. The number of hydrogen-bond donors (Lipinski definition) is 2. The van der Waals surface area contributed by atoms with Crippen LogP contribution >= 0.6 is 11.6 Å². The Balaban J connectivity index is 2.39. The number of nitrogens with two attached hydrogens (primary N) is 1. The van der Waals surface area contributed by atoms with Gasteiger partial charge in [0.05, 0.1) is 11.3 Å². The van der Waals surface area contributed by atoms with Crippen molar-refractivity contribution in [2.45, 2.75) is 6.42 Å². The van der Waals surface area contributed by atoms with E-state index < -0.39 is 0 Å². The Morgan fingerprint density at radius 3 is 2.89 bits per heavy atom. The zero-order chi connectivity index (χ0) is 14.0. The van der Waals surface area contributed by atoms with Gasteiger partial charge in [-0.05, 0) is 30.7 Å². The van der Waals surface area contributed by atoms with Crippen LogP contribution in [-0.2, 0) is 4.79 Å². The molecule has 1 heterocycles. The molecule has 0 radical (unpaired) electrons. The molecule has 2 amide bonds. The Kier molecular flexibility index (Phi) is 4.07. The minimum absolute atomic E-state index is 0.0112. The van der Waals surface area contributed by atoms with E-state index in [2.05, 4.69) is 5.32 Å². The van der Waals surface area contributed by atoms with Gasteiger partial charge in [0.1, 0.15) is 0 Å². The lowest BCUT2D eigenvalue weighted by atomic mass is 10.1. The van der Waals surface area contributed by atoms with Crippen molar-refractivity contribution in [3.63, 3.8) is 0 Å². The Morgan fingerprint density at radius 1 is 1.58 bits per heavy atom. The molecule has 1 atom stereocenters. The molecule has 1 saturated heterocycles. The normalized spacial score (nSPS) is 18.8. The molecule has 1 fully saturated rings. The van der Waals surface area contributed by atoms with E-state index in [1.165, 1.54) is 0 Å². The van der Waals surface area contributed by atoms with Gasteiger partial charge in [-0.15, -0.1) is 0 Å². The Labute approximate surface area is 116 Å². The van der Waals surface area contributed by atoms with Crippen LogP contribution in [0.4, 0.5) is 5.69 Å². The van der Waals surface area contributed by atoms with E-state index >= 15 is 0 Å². The fourth-order valence-electron chi connectivity index (χ4n) is 2.23. The summed E-state index contributed by atoms with van der Waals surface area (Å²) in [6, 6.07) is 4.94. The van der Waals surface area contributed by atoms with Gasteiger partial charge in [0.25, 0.3) is 5.91 Å². The van der Waals surface area contributed by atoms with Crippen LogP contribution in [0.5, 0.6) is 0 Å². The van der Waals surface area contributed by atoms with Crippen molar-refractivity contribution in [1.82, 2.24) is 5.32 Å². The smallest absolute Gasteiger partial charge is 0.253 e. The number of hydrogen-bond acceptors (Lipinski definition) is 3. The van der Waals surface area contributed by atoms with E-state index in [9.17, 15) is 9.59 Å². The lowest BCUT2D eigenvalue weighted by Gasteiger charge is -2.20. The first-order valence-corrected chi connectivity index (χ1v) is 6.46. The van der Waals surface area contributed by atoms with Crippen LogP contribution in [0.2, 0.25) is 5.02 Å². The number of anilines is 1. The molecule has 0 aliphatic carbocycles. The average Bonchev–Trinajstić information content (AvgIpc) is 2.79. The fourth-order valence-corrected chi connectivity index (χ4v) is 2.40. The molecule has 1 aromatic carbocycles. The Morgan fingerprint density at radius 2 is 2.32 bits per heavy atom. The zero-order valence-corrected chi connectivity index (χ0v) is 11.4. The van der Waals surface area contributed by atoms with E-state index in [0.29, 0.717) is 35.8 Å². The maximum atomic E-state index is 12.0. The predicted octanol–water partition coefficient (Wildman–Crippen LogP) is 1.01. The summed E-state index contributed by atoms with van der Waals surface area (Å²) in [5.74, 6) is -0.134. The summed E-state index contributed by atoms with van der Waals surface area (Å²) < 4.78 is 0. The highest BCUT2D eigenvalue weighted by molar-refractivity contribution is 6.31. The van der Waals surface area contributed by atoms with E-state index in [1.54, 1.807) is 30.1 Å². The number of nitrogens with zero attached hydrogens (tertiary/aromatic N) is 1. The first-order valence-electron chi connectivity index (χ1n) is 6.09. The maximum absolute atomic E-state index is 12.0. The van der Waals surface area contributed by atoms with Crippen LogP contribution in [0.1, 0.15) is 16.8 Å². The summed E-state index contributed by atoms with van der Waals surface area (Å²) in [7, 11) is 1.54. The maximum Gasteiger partial charge on any atom is 0.253 e. The summed E-state index contributed by atoms with van der Waals surface area (Å²) in [6.07, 6.45) is 0.423. The second-order valence-electron chi connectivity index (χ2n) is 4.55. The van der Waals surface area contributed by atoms with E-state index in [-0.39, 0.29) is 17.7 Å². The lowest BCUT2D eigenvalue weighted by molar-refractivity contribution is -0.117. The van der Waals surface area contributed by atoms with Crippen molar-refractivity contribution in [1.29, 1.82) is 0 Å². The molecule has 0 saturated carbocycles. The highest BCUT2D eigenvalue weighted by Crippen LogP contribution is 2.29. The average molecular weight is 282 g/mol. The molecule has 2 rings (SSSR count). The second kappa shape index (κ2) is 5.59. The first-order chi connectivity index (χ1) is 9.06. The molecule has 102 valence electrons. The molecule has 19 heavy (non-hydrogen) atoms. The molecule has 3 N–H and O–H groups in total. The van der Waals surface area contributed by atoms with Gasteiger partial charge in [-0.3, -0.25) is 9.59 Å².